The molecule has 19 heavy (non-hydrogen) atoms. The van der Waals surface area contributed by atoms with Gasteiger partial charge in [0.1, 0.15) is 5.75 Å². The van der Waals surface area contributed by atoms with E-state index in [1.165, 1.54) is 6.07 Å². The van der Waals surface area contributed by atoms with Crippen LogP contribution in [-0.2, 0) is 9.59 Å². The predicted octanol–water partition coefficient (Wildman–Crippen LogP) is 2.35. The molecule has 1 aromatic rings. The van der Waals surface area contributed by atoms with E-state index in [0.717, 1.165) is 0 Å². The van der Waals surface area contributed by atoms with Gasteiger partial charge in [0.05, 0.1) is 5.02 Å². The third-order valence-electron chi connectivity index (χ3n) is 2.14. The van der Waals surface area contributed by atoms with Crippen LogP contribution in [-0.4, -0.2) is 30.1 Å². The number of benzene rings is 1. The number of aliphatic carboxylic acids is 1. The van der Waals surface area contributed by atoms with Crippen molar-refractivity contribution in [3.8, 4) is 5.75 Å². The van der Waals surface area contributed by atoms with Gasteiger partial charge in [-0.1, -0.05) is 23.2 Å². The highest BCUT2D eigenvalue weighted by atomic mass is 35.5. The van der Waals surface area contributed by atoms with Gasteiger partial charge in [0.15, 0.2) is 6.61 Å². The van der Waals surface area contributed by atoms with E-state index in [-0.39, 0.29) is 25.5 Å². The van der Waals surface area contributed by atoms with Gasteiger partial charge in [-0.3, -0.25) is 9.59 Å². The molecule has 0 heterocycles. The van der Waals surface area contributed by atoms with E-state index in [0.29, 0.717) is 22.2 Å². The summed E-state index contributed by atoms with van der Waals surface area (Å²) in [5.41, 5.74) is 0. The Labute approximate surface area is 120 Å². The number of hydrogen-bond acceptors (Lipinski definition) is 3. The van der Waals surface area contributed by atoms with Crippen LogP contribution in [0, 0.1) is 0 Å². The van der Waals surface area contributed by atoms with Crippen LogP contribution in [0.1, 0.15) is 12.8 Å². The molecular weight excluding hydrogens is 293 g/mol. The number of carboxylic acids is 1. The molecule has 104 valence electrons. The second-order valence-corrected chi connectivity index (χ2v) is 4.55. The van der Waals surface area contributed by atoms with Crippen LogP contribution in [0.5, 0.6) is 5.75 Å². The van der Waals surface area contributed by atoms with Crippen LogP contribution in [0.3, 0.4) is 0 Å². The number of halogens is 2. The van der Waals surface area contributed by atoms with Gasteiger partial charge in [-0.05, 0) is 18.6 Å². The fourth-order valence-corrected chi connectivity index (χ4v) is 1.58. The summed E-state index contributed by atoms with van der Waals surface area (Å²) in [6, 6.07) is 4.70. The first-order valence-corrected chi connectivity index (χ1v) is 6.31. The van der Waals surface area contributed by atoms with Crippen molar-refractivity contribution in [3.63, 3.8) is 0 Å². The number of rotatable bonds is 7. The summed E-state index contributed by atoms with van der Waals surface area (Å²) in [7, 11) is 0. The van der Waals surface area contributed by atoms with Gasteiger partial charge >= 0.3 is 5.97 Å². The Balaban J connectivity index is 2.30. The molecule has 0 radical (unpaired) electrons. The summed E-state index contributed by atoms with van der Waals surface area (Å²) >= 11 is 11.6. The number of carbonyl (C=O) groups excluding carboxylic acids is 1. The molecule has 5 nitrogen and oxygen atoms in total. The maximum absolute atomic E-state index is 11.4. The standard InChI is InChI=1S/C12H13Cl2NO4/c13-8-3-4-9(14)10(6-8)19-7-11(16)15-5-1-2-12(17)18/h3-4,6H,1-2,5,7H2,(H,15,16)(H,17,18). The van der Waals surface area contributed by atoms with E-state index in [4.69, 9.17) is 33.0 Å². The zero-order valence-electron chi connectivity index (χ0n) is 9.99. The lowest BCUT2D eigenvalue weighted by atomic mass is 10.3. The monoisotopic (exact) mass is 305 g/mol. The quantitative estimate of drug-likeness (QED) is 0.758. The summed E-state index contributed by atoms with van der Waals surface area (Å²) < 4.78 is 5.21. The minimum atomic E-state index is -0.892. The lowest BCUT2D eigenvalue weighted by Gasteiger charge is -2.08. The van der Waals surface area contributed by atoms with E-state index in [1.807, 2.05) is 0 Å². The molecule has 1 rings (SSSR count). The zero-order chi connectivity index (χ0) is 14.3. The molecule has 0 fully saturated rings. The Bertz CT molecular complexity index is 465. The summed E-state index contributed by atoms with van der Waals surface area (Å²) in [6.45, 7) is 0.0882. The Morgan fingerprint density at radius 2 is 2.05 bits per heavy atom. The number of amides is 1. The van der Waals surface area contributed by atoms with Crippen LogP contribution in [0.15, 0.2) is 18.2 Å². The number of hydrogen-bond donors (Lipinski definition) is 2. The molecule has 0 aliphatic rings. The van der Waals surface area contributed by atoms with Crippen molar-refractivity contribution < 1.29 is 19.4 Å². The summed E-state index contributed by atoms with van der Waals surface area (Å²) in [5.74, 6) is -0.910. The van der Waals surface area contributed by atoms with Gasteiger partial charge in [0.2, 0.25) is 0 Å². The lowest BCUT2D eigenvalue weighted by Crippen LogP contribution is -2.30. The second kappa shape index (κ2) is 7.86. The average molecular weight is 306 g/mol. The lowest BCUT2D eigenvalue weighted by molar-refractivity contribution is -0.137. The maximum atomic E-state index is 11.4. The first kappa shape index (κ1) is 15.6. The molecule has 0 aromatic heterocycles. The van der Waals surface area contributed by atoms with Gasteiger partial charge in [-0.15, -0.1) is 0 Å². The molecule has 1 aromatic carbocycles. The SMILES string of the molecule is O=C(O)CCCNC(=O)COc1cc(Cl)ccc1Cl. The van der Waals surface area contributed by atoms with Crippen LogP contribution in [0.2, 0.25) is 10.0 Å². The Hall–Kier alpha value is -1.46. The number of carbonyl (C=O) groups is 2. The van der Waals surface area contributed by atoms with Gasteiger partial charge in [-0.2, -0.15) is 0 Å². The molecule has 1 amide bonds. The smallest absolute Gasteiger partial charge is 0.303 e. The molecule has 0 aliphatic heterocycles. The Kier molecular flexibility index (Phi) is 6.45. The fourth-order valence-electron chi connectivity index (χ4n) is 1.25. The molecule has 0 bridgehead atoms. The van der Waals surface area contributed by atoms with Gasteiger partial charge < -0.3 is 15.2 Å². The van der Waals surface area contributed by atoms with E-state index in [1.54, 1.807) is 12.1 Å². The highest BCUT2D eigenvalue weighted by Gasteiger charge is 2.06. The van der Waals surface area contributed by atoms with Crippen molar-refractivity contribution >= 4 is 35.1 Å². The topological polar surface area (TPSA) is 75.6 Å². The minimum absolute atomic E-state index is 0.0151. The fraction of sp³-hybridized carbons (Fsp3) is 0.333. The molecule has 7 heteroatoms. The van der Waals surface area contributed by atoms with E-state index in [9.17, 15) is 9.59 Å². The van der Waals surface area contributed by atoms with Crippen molar-refractivity contribution in [1.29, 1.82) is 0 Å². The van der Waals surface area contributed by atoms with E-state index >= 15 is 0 Å². The van der Waals surface area contributed by atoms with Gasteiger partial charge in [-0.25, -0.2) is 0 Å². The van der Waals surface area contributed by atoms with Crippen molar-refractivity contribution in [2.45, 2.75) is 12.8 Å². The first-order chi connectivity index (χ1) is 8.99. The Morgan fingerprint density at radius 1 is 1.32 bits per heavy atom. The highest BCUT2D eigenvalue weighted by Crippen LogP contribution is 2.27. The predicted molar refractivity (Wildman–Crippen MR) is 71.8 cm³/mol. The maximum Gasteiger partial charge on any atom is 0.303 e. The van der Waals surface area contributed by atoms with E-state index < -0.39 is 5.97 Å². The number of carboxylic acid groups (broad SMARTS) is 1. The molecule has 0 spiro atoms. The molecule has 0 unspecified atom stereocenters. The zero-order valence-corrected chi connectivity index (χ0v) is 11.5. The van der Waals surface area contributed by atoms with Crippen LogP contribution < -0.4 is 10.1 Å². The van der Waals surface area contributed by atoms with Crippen molar-refractivity contribution in [1.82, 2.24) is 5.32 Å². The van der Waals surface area contributed by atoms with Gasteiger partial charge in [0.25, 0.3) is 5.91 Å². The summed E-state index contributed by atoms with van der Waals surface area (Å²) in [4.78, 5) is 21.7. The van der Waals surface area contributed by atoms with Gasteiger partial charge in [0, 0.05) is 24.1 Å². The largest absolute Gasteiger partial charge is 0.482 e. The van der Waals surface area contributed by atoms with E-state index in [2.05, 4.69) is 5.32 Å². The third kappa shape index (κ3) is 6.31. The van der Waals surface area contributed by atoms with Crippen molar-refractivity contribution in [3.05, 3.63) is 28.2 Å². The Morgan fingerprint density at radius 3 is 2.74 bits per heavy atom. The molecule has 2 N–H and O–H groups in total. The number of ether oxygens (including phenoxy) is 1. The number of nitrogens with one attached hydrogen (secondary N) is 1. The molecule has 0 aliphatic carbocycles. The first-order valence-electron chi connectivity index (χ1n) is 5.55. The summed E-state index contributed by atoms with van der Waals surface area (Å²) in [6.07, 6.45) is 0.389. The summed E-state index contributed by atoms with van der Waals surface area (Å²) in [5, 5.41) is 11.8. The minimum Gasteiger partial charge on any atom is -0.482 e. The van der Waals surface area contributed by atoms with Crippen molar-refractivity contribution in [2.24, 2.45) is 0 Å². The third-order valence-corrected chi connectivity index (χ3v) is 2.69. The highest BCUT2D eigenvalue weighted by molar-refractivity contribution is 6.34. The van der Waals surface area contributed by atoms with Crippen LogP contribution >= 0.6 is 23.2 Å². The molecule has 0 saturated carbocycles. The normalized spacial score (nSPS) is 10.0. The van der Waals surface area contributed by atoms with Crippen LogP contribution in [0.4, 0.5) is 0 Å². The van der Waals surface area contributed by atoms with Crippen molar-refractivity contribution in [2.75, 3.05) is 13.2 Å². The molecule has 0 atom stereocenters. The molecule has 0 saturated heterocycles. The van der Waals surface area contributed by atoms with Crippen LogP contribution in [0.25, 0.3) is 0 Å². The molecular formula is C12H13Cl2NO4. The average Bonchev–Trinajstić information content (AvgIpc) is 2.35. The second-order valence-electron chi connectivity index (χ2n) is 3.71.